The zero-order valence-corrected chi connectivity index (χ0v) is 9.11. The lowest BCUT2D eigenvalue weighted by Gasteiger charge is -2.23. The Balaban J connectivity index is 1.72. The second-order valence-electron chi connectivity index (χ2n) is 5.69. The highest BCUT2D eigenvalue weighted by Gasteiger charge is 2.54. The molecule has 0 bridgehead atoms. The van der Waals surface area contributed by atoms with Crippen molar-refractivity contribution < 1.29 is 9.90 Å². The van der Waals surface area contributed by atoms with Crippen LogP contribution in [0, 0.1) is 17.3 Å². The van der Waals surface area contributed by atoms with Crippen molar-refractivity contribution in [3.8, 4) is 0 Å². The Kier molecular flexibility index (Phi) is 2.06. The molecule has 2 saturated carbocycles. The normalized spacial score (nSPS) is 40.7. The SMILES string of the molecule is O=C(O)[C@]12CCC[C@H]1CN(CC1CC1)C2. The molecule has 0 aromatic rings. The fourth-order valence-electron chi connectivity index (χ4n) is 3.55. The average molecular weight is 209 g/mol. The number of likely N-dealkylation sites (tertiary alicyclic amines) is 1. The van der Waals surface area contributed by atoms with Gasteiger partial charge in [-0.15, -0.1) is 0 Å². The van der Waals surface area contributed by atoms with Gasteiger partial charge in [0, 0.05) is 19.6 Å². The van der Waals surface area contributed by atoms with Gasteiger partial charge >= 0.3 is 5.97 Å². The predicted octanol–water partition coefficient (Wildman–Crippen LogP) is 1.58. The van der Waals surface area contributed by atoms with Gasteiger partial charge < -0.3 is 10.0 Å². The molecule has 1 saturated heterocycles. The number of aliphatic carboxylic acids is 1. The molecule has 0 aromatic carbocycles. The number of fused-ring (bicyclic) bond motifs is 1. The molecule has 1 N–H and O–H groups in total. The van der Waals surface area contributed by atoms with Crippen LogP contribution in [0.15, 0.2) is 0 Å². The van der Waals surface area contributed by atoms with E-state index in [9.17, 15) is 9.90 Å². The van der Waals surface area contributed by atoms with Crippen LogP contribution >= 0.6 is 0 Å². The molecule has 3 fully saturated rings. The molecule has 0 amide bonds. The first-order valence-corrected chi connectivity index (χ1v) is 6.16. The quantitative estimate of drug-likeness (QED) is 0.767. The second kappa shape index (κ2) is 3.21. The largest absolute Gasteiger partial charge is 0.481 e. The molecule has 0 aromatic heterocycles. The van der Waals surface area contributed by atoms with Gasteiger partial charge in [-0.25, -0.2) is 0 Å². The van der Waals surface area contributed by atoms with Gasteiger partial charge in [0.15, 0.2) is 0 Å². The predicted molar refractivity (Wildman–Crippen MR) is 56.6 cm³/mol. The molecule has 2 aliphatic carbocycles. The van der Waals surface area contributed by atoms with Crippen molar-refractivity contribution >= 4 is 5.97 Å². The topological polar surface area (TPSA) is 40.5 Å². The van der Waals surface area contributed by atoms with Crippen LogP contribution in [0.1, 0.15) is 32.1 Å². The van der Waals surface area contributed by atoms with E-state index in [2.05, 4.69) is 4.90 Å². The Hall–Kier alpha value is -0.570. The molecule has 1 aliphatic heterocycles. The number of carboxylic acid groups (broad SMARTS) is 1. The molecule has 2 atom stereocenters. The summed E-state index contributed by atoms with van der Waals surface area (Å²) in [7, 11) is 0. The van der Waals surface area contributed by atoms with Crippen LogP contribution in [0.4, 0.5) is 0 Å². The number of nitrogens with zero attached hydrogens (tertiary/aromatic N) is 1. The fourth-order valence-corrected chi connectivity index (χ4v) is 3.55. The van der Waals surface area contributed by atoms with Gasteiger partial charge in [0.2, 0.25) is 0 Å². The van der Waals surface area contributed by atoms with E-state index in [1.54, 1.807) is 0 Å². The summed E-state index contributed by atoms with van der Waals surface area (Å²) in [5, 5.41) is 9.42. The van der Waals surface area contributed by atoms with Gasteiger partial charge in [-0.05, 0) is 37.5 Å². The van der Waals surface area contributed by atoms with Gasteiger partial charge in [-0.2, -0.15) is 0 Å². The van der Waals surface area contributed by atoms with Crippen LogP contribution in [-0.2, 0) is 4.79 Å². The van der Waals surface area contributed by atoms with E-state index < -0.39 is 5.97 Å². The molecule has 3 rings (SSSR count). The van der Waals surface area contributed by atoms with Crippen molar-refractivity contribution in [2.24, 2.45) is 17.3 Å². The second-order valence-corrected chi connectivity index (χ2v) is 5.69. The van der Waals surface area contributed by atoms with E-state index in [1.165, 1.54) is 12.8 Å². The van der Waals surface area contributed by atoms with Crippen molar-refractivity contribution in [1.82, 2.24) is 4.90 Å². The summed E-state index contributed by atoms with van der Waals surface area (Å²) in [6.07, 6.45) is 5.89. The first-order valence-electron chi connectivity index (χ1n) is 6.16. The highest BCUT2D eigenvalue weighted by molar-refractivity contribution is 5.76. The minimum Gasteiger partial charge on any atom is -0.481 e. The summed E-state index contributed by atoms with van der Waals surface area (Å²) in [5.41, 5.74) is -0.366. The Morgan fingerprint density at radius 2 is 2.20 bits per heavy atom. The number of rotatable bonds is 3. The Morgan fingerprint density at radius 3 is 2.80 bits per heavy atom. The monoisotopic (exact) mass is 209 g/mol. The Bertz CT molecular complexity index is 287. The van der Waals surface area contributed by atoms with E-state index >= 15 is 0 Å². The summed E-state index contributed by atoms with van der Waals surface area (Å²) in [6, 6.07) is 0. The van der Waals surface area contributed by atoms with Crippen LogP contribution in [0.2, 0.25) is 0 Å². The molecule has 15 heavy (non-hydrogen) atoms. The standard InChI is InChI=1S/C12H19NO2/c14-11(15)12-5-1-2-10(12)7-13(8-12)6-9-3-4-9/h9-10H,1-8H2,(H,14,15)/t10-,12-/m0/s1. The minimum absolute atomic E-state index is 0.366. The average Bonchev–Trinajstić information content (AvgIpc) is 2.74. The number of hydrogen-bond donors (Lipinski definition) is 1. The zero-order valence-electron chi connectivity index (χ0n) is 9.11. The van der Waals surface area contributed by atoms with Crippen LogP contribution in [0.5, 0.6) is 0 Å². The Morgan fingerprint density at radius 1 is 1.40 bits per heavy atom. The van der Waals surface area contributed by atoms with Gasteiger partial charge in [0.25, 0.3) is 0 Å². The molecule has 0 radical (unpaired) electrons. The molecular weight excluding hydrogens is 190 g/mol. The third kappa shape index (κ3) is 1.48. The van der Waals surface area contributed by atoms with Crippen molar-refractivity contribution in [3.63, 3.8) is 0 Å². The van der Waals surface area contributed by atoms with E-state index in [0.717, 1.165) is 44.8 Å². The molecule has 84 valence electrons. The smallest absolute Gasteiger partial charge is 0.311 e. The zero-order chi connectivity index (χ0) is 10.5. The highest BCUT2D eigenvalue weighted by atomic mass is 16.4. The molecule has 0 spiro atoms. The maximum atomic E-state index is 11.4. The van der Waals surface area contributed by atoms with E-state index in [0.29, 0.717) is 5.92 Å². The molecule has 3 nitrogen and oxygen atoms in total. The van der Waals surface area contributed by atoms with E-state index in [4.69, 9.17) is 0 Å². The maximum Gasteiger partial charge on any atom is 0.311 e. The van der Waals surface area contributed by atoms with Crippen molar-refractivity contribution in [2.45, 2.75) is 32.1 Å². The summed E-state index contributed by atoms with van der Waals surface area (Å²) >= 11 is 0. The lowest BCUT2D eigenvalue weighted by molar-refractivity contribution is -0.149. The third-order valence-electron chi connectivity index (χ3n) is 4.58. The number of carbonyl (C=O) groups is 1. The molecular formula is C12H19NO2. The maximum absolute atomic E-state index is 11.4. The first kappa shape index (κ1) is 9.64. The van der Waals surface area contributed by atoms with Crippen LogP contribution < -0.4 is 0 Å². The summed E-state index contributed by atoms with van der Waals surface area (Å²) in [6.45, 7) is 3.03. The van der Waals surface area contributed by atoms with Crippen LogP contribution in [0.3, 0.4) is 0 Å². The van der Waals surface area contributed by atoms with Crippen molar-refractivity contribution in [2.75, 3.05) is 19.6 Å². The Labute approximate surface area is 90.5 Å². The summed E-state index contributed by atoms with van der Waals surface area (Å²) in [4.78, 5) is 13.8. The summed E-state index contributed by atoms with van der Waals surface area (Å²) < 4.78 is 0. The summed E-state index contributed by atoms with van der Waals surface area (Å²) in [5.74, 6) is 0.784. The van der Waals surface area contributed by atoms with Crippen molar-refractivity contribution in [3.05, 3.63) is 0 Å². The fraction of sp³-hybridized carbons (Fsp3) is 0.917. The van der Waals surface area contributed by atoms with Crippen LogP contribution in [0.25, 0.3) is 0 Å². The highest BCUT2D eigenvalue weighted by Crippen LogP contribution is 2.49. The number of carboxylic acids is 1. The van der Waals surface area contributed by atoms with E-state index in [1.807, 2.05) is 0 Å². The molecule has 3 aliphatic rings. The molecule has 1 heterocycles. The van der Waals surface area contributed by atoms with Crippen LogP contribution in [-0.4, -0.2) is 35.6 Å². The van der Waals surface area contributed by atoms with Gasteiger partial charge in [0.1, 0.15) is 0 Å². The van der Waals surface area contributed by atoms with Gasteiger partial charge in [-0.3, -0.25) is 4.79 Å². The minimum atomic E-state index is -0.539. The van der Waals surface area contributed by atoms with Gasteiger partial charge in [-0.1, -0.05) is 6.42 Å². The molecule has 3 heteroatoms. The lowest BCUT2D eigenvalue weighted by atomic mass is 9.81. The van der Waals surface area contributed by atoms with Crippen molar-refractivity contribution in [1.29, 1.82) is 0 Å². The third-order valence-corrected chi connectivity index (χ3v) is 4.58. The first-order chi connectivity index (χ1) is 7.21. The van der Waals surface area contributed by atoms with E-state index in [-0.39, 0.29) is 5.41 Å². The van der Waals surface area contributed by atoms with Gasteiger partial charge in [0.05, 0.1) is 5.41 Å². The number of hydrogen-bond acceptors (Lipinski definition) is 2. The molecule has 0 unspecified atom stereocenters. The lowest BCUT2D eigenvalue weighted by Crippen LogP contribution is -2.36.